The van der Waals surface area contributed by atoms with E-state index >= 15 is 0 Å². The minimum Gasteiger partial charge on any atom is -0.460 e. The second-order valence-electron chi connectivity index (χ2n) is 13.6. The Bertz CT molecular complexity index is 1470. The molecular formula is C33H45N6O4S+. The number of nitrogens with one attached hydrogen (secondary N) is 1. The number of carbonyl (C=O) groups is 3. The van der Waals surface area contributed by atoms with Crippen LogP contribution in [-0.4, -0.2) is 87.3 Å². The number of carbonyl (C=O) groups excluding carboxylic acids is 3. The summed E-state index contributed by atoms with van der Waals surface area (Å²) < 4.78 is 8.55. The highest BCUT2D eigenvalue weighted by Crippen LogP contribution is 2.41. The Kier molecular flexibility index (Phi) is 9.27. The summed E-state index contributed by atoms with van der Waals surface area (Å²) in [6, 6.07) is 8.01. The molecule has 1 fully saturated rings. The van der Waals surface area contributed by atoms with Crippen LogP contribution in [0, 0.1) is 5.41 Å². The minimum atomic E-state index is -0.881. The lowest BCUT2D eigenvalue weighted by molar-refractivity contribution is -0.913. The van der Waals surface area contributed by atoms with Gasteiger partial charge in [-0.25, -0.2) is 4.98 Å². The first kappa shape index (κ1) is 31.8. The maximum atomic E-state index is 13.7. The first-order valence-corrected chi connectivity index (χ1v) is 16.3. The molecule has 1 aliphatic carbocycles. The maximum absolute atomic E-state index is 13.7. The van der Waals surface area contributed by atoms with Crippen molar-refractivity contribution in [3.63, 3.8) is 0 Å². The maximum Gasteiger partial charge on any atom is 0.307 e. The van der Waals surface area contributed by atoms with Crippen molar-refractivity contribution in [1.29, 1.82) is 0 Å². The summed E-state index contributed by atoms with van der Waals surface area (Å²) in [5.74, 6) is -0.349. The van der Waals surface area contributed by atoms with Crippen molar-refractivity contribution in [3.8, 4) is 11.3 Å². The number of quaternary nitrogens is 1. The Balaban J connectivity index is 1.15. The molecular weight excluding hydrogens is 576 g/mol. The summed E-state index contributed by atoms with van der Waals surface area (Å²) in [6.45, 7) is 12.9. The Labute approximate surface area is 264 Å². The van der Waals surface area contributed by atoms with Gasteiger partial charge < -0.3 is 19.4 Å². The topological polar surface area (TPSA) is 106 Å². The molecule has 44 heavy (non-hydrogen) atoms. The van der Waals surface area contributed by atoms with E-state index in [4.69, 9.17) is 9.72 Å². The molecule has 236 valence electrons. The van der Waals surface area contributed by atoms with E-state index in [9.17, 15) is 14.4 Å². The summed E-state index contributed by atoms with van der Waals surface area (Å²) >= 11 is 1.50. The number of hydrogen-bond acceptors (Lipinski definition) is 7. The number of hydrogen-bond donors (Lipinski definition) is 1. The van der Waals surface area contributed by atoms with Crippen molar-refractivity contribution in [2.24, 2.45) is 5.41 Å². The lowest BCUT2D eigenvalue weighted by Gasteiger charge is -2.41. The number of benzene rings is 1. The van der Waals surface area contributed by atoms with Gasteiger partial charge in [-0.3, -0.25) is 19.1 Å². The summed E-state index contributed by atoms with van der Waals surface area (Å²) in [6.07, 6.45) is 5.90. The van der Waals surface area contributed by atoms with Gasteiger partial charge in [-0.2, -0.15) is 5.10 Å². The number of piperazine rings is 1. The van der Waals surface area contributed by atoms with Crippen LogP contribution in [0.15, 0.2) is 42.0 Å². The molecule has 1 aromatic carbocycles. The van der Waals surface area contributed by atoms with Gasteiger partial charge in [0.25, 0.3) is 0 Å². The van der Waals surface area contributed by atoms with Crippen LogP contribution < -0.4 is 5.32 Å². The first-order chi connectivity index (χ1) is 20.8. The standard InChI is InChI=1S/C33H44N6O4S/c1-24(40)37-12-15-39(5,16-13-37)14-8-11-38-22-27(20-35-38)28-23-44-29(36-28)21-34-31(42)33(19-30(41)43-32(2,3)4)17-25-9-6-7-10-26(25)18-33/h6-7,9-10,20,22-23H,8,11-19,21H2,1-5H3/p+1. The van der Waals surface area contributed by atoms with Gasteiger partial charge in [-0.1, -0.05) is 24.3 Å². The molecule has 5 rings (SSSR count). The smallest absolute Gasteiger partial charge is 0.307 e. The zero-order valence-corrected chi connectivity index (χ0v) is 27.4. The van der Waals surface area contributed by atoms with Gasteiger partial charge >= 0.3 is 5.97 Å². The third-order valence-electron chi connectivity index (χ3n) is 8.79. The SMILES string of the molecule is CC(=O)N1CC[N+](C)(CCCn2cc(-c3csc(CNC(=O)C4(CC(=O)OC(C)(C)C)Cc5ccccc5C4)n3)cn2)CC1. The molecule has 2 aromatic heterocycles. The van der Waals surface area contributed by atoms with Crippen LogP contribution in [0.3, 0.4) is 0 Å². The summed E-state index contributed by atoms with van der Waals surface area (Å²) in [5.41, 5.74) is 2.49. The van der Waals surface area contributed by atoms with Gasteiger partial charge in [0.05, 0.1) is 70.0 Å². The highest BCUT2D eigenvalue weighted by molar-refractivity contribution is 7.09. The Morgan fingerprint density at radius 2 is 1.80 bits per heavy atom. The molecule has 0 bridgehead atoms. The van der Waals surface area contributed by atoms with E-state index in [2.05, 4.69) is 17.5 Å². The molecule has 0 unspecified atom stereocenters. The van der Waals surface area contributed by atoms with E-state index in [0.29, 0.717) is 19.4 Å². The number of rotatable bonds is 10. The largest absolute Gasteiger partial charge is 0.460 e. The Morgan fingerprint density at radius 3 is 2.43 bits per heavy atom. The van der Waals surface area contributed by atoms with Crippen LogP contribution in [0.4, 0.5) is 0 Å². The van der Waals surface area contributed by atoms with Crippen LogP contribution in [0.25, 0.3) is 11.3 Å². The van der Waals surface area contributed by atoms with Crippen molar-refractivity contribution in [1.82, 2.24) is 25.0 Å². The molecule has 0 saturated carbocycles. The summed E-state index contributed by atoms with van der Waals surface area (Å²) in [4.78, 5) is 44.9. The Hall–Kier alpha value is -3.57. The zero-order chi connectivity index (χ0) is 31.5. The molecule has 3 heterocycles. The third-order valence-corrected chi connectivity index (χ3v) is 9.64. The van der Waals surface area contributed by atoms with Crippen LogP contribution >= 0.6 is 11.3 Å². The third kappa shape index (κ3) is 7.74. The van der Waals surface area contributed by atoms with Gasteiger partial charge in [0.15, 0.2) is 0 Å². The summed E-state index contributed by atoms with van der Waals surface area (Å²) in [7, 11) is 2.27. The second-order valence-corrected chi connectivity index (χ2v) is 14.6. The molecule has 2 aliphatic rings. The van der Waals surface area contributed by atoms with Crippen molar-refractivity contribution in [2.75, 3.05) is 39.8 Å². The quantitative estimate of drug-likeness (QED) is 0.273. The fourth-order valence-corrected chi connectivity index (χ4v) is 7.04. The van der Waals surface area contributed by atoms with Crippen molar-refractivity contribution in [3.05, 3.63) is 58.2 Å². The van der Waals surface area contributed by atoms with Crippen LogP contribution in [0.5, 0.6) is 0 Å². The fourth-order valence-electron chi connectivity index (χ4n) is 6.30. The Morgan fingerprint density at radius 1 is 1.11 bits per heavy atom. The second kappa shape index (κ2) is 12.8. The van der Waals surface area contributed by atoms with E-state index in [-0.39, 0.29) is 24.2 Å². The number of amides is 2. The molecule has 0 atom stereocenters. The number of thiazole rings is 1. The number of ether oxygens (including phenoxy) is 1. The molecule has 0 radical (unpaired) electrons. The van der Waals surface area contributed by atoms with Crippen molar-refractivity contribution in [2.45, 2.75) is 72.1 Å². The highest BCUT2D eigenvalue weighted by atomic mass is 32.1. The number of aryl methyl sites for hydroxylation is 1. The van der Waals surface area contributed by atoms with Crippen LogP contribution in [-0.2, 0) is 45.1 Å². The number of fused-ring (bicyclic) bond motifs is 1. The molecule has 10 nitrogen and oxygen atoms in total. The van der Waals surface area contributed by atoms with E-state index in [1.54, 1.807) is 6.92 Å². The van der Waals surface area contributed by atoms with E-state index in [0.717, 1.165) is 77.6 Å². The lowest BCUT2D eigenvalue weighted by Crippen LogP contribution is -2.58. The lowest BCUT2D eigenvalue weighted by atomic mass is 9.80. The van der Waals surface area contributed by atoms with Gasteiger partial charge in [0.2, 0.25) is 11.8 Å². The zero-order valence-electron chi connectivity index (χ0n) is 26.6. The predicted octanol–water partition coefficient (Wildman–Crippen LogP) is 3.84. The average Bonchev–Trinajstić information content (AvgIpc) is 3.69. The fraction of sp³-hybridized carbons (Fsp3) is 0.545. The van der Waals surface area contributed by atoms with E-state index < -0.39 is 11.0 Å². The predicted molar refractivity (Wildman–Crippen MR) is 170 cm³/mol. The van der Waals surface area contributed by atoms with Gasteiger partial charge in [-0.05, 0) is 44.7 Å². The number of aromatic nitrogens is 3. The van der Waals surface area contributed by atoms with Gasteiger partial charge in [0, 0.05) is 37.0 Å². The normalized spacial score (nSPS) is 17.2. The van der Waals surface area contributed by atoms with E-state index in [1.165, 1.54) is 11.3 Å². The van der Waals surface area contributed by atoms with Crippen LogP contribution in [0.1, 0.15) is 56.7 Å². The number of likely N-dealkylation sites (N-methyl/N-ethyl adjacent to an activating group) is 1. The molecule has 1 N–H and O–H groups in total. The molecule has 1 aliphatic heterocycles. The van der Waals surface area contributed by atoms with Gasteiger partial charge in [0.1, 0.15) is 10.6 Å². The van der Waals surface area contributed by atoms with Crippen molar-refractivity contribution >= 4 is 29.1 Å². The van der Waals surface area contributed by atoms with Crippen molar-refractivity contribution < 1.29 is 23.6 Å². The molecule has 3 aromatic rings. The van der Waals surface area contributed by atoms with Gasteiger partial charge in [-0.15, -0.1) is 11.3 Å². The molecule has 1 saturated heterocycles. The summed E-state index contributed by atoms with van der Waals surface area (Å²) in [5, 5.41) is 10.4. The number of esters is 1. The molecule has 11 heteroatoms. The molecule has 0 spiro atoms. The highest BCUT2D eigenvalue weighted by Gasteiger charge is 2.46. The molecule has 2 amide bonds. The average molecular weight is 622 g/mol. The monoisotopic (exact) mass is 621 g/mol. The first-order valence-electron chi connectivity index (χ1n) is 15.5. The van der Waals surface area contributed by atoms with Crippen LogP contribution in [0.2, 0.25) is 0 Å². The number of nitrogens with zero attached hydrogens (tertiary/aromatic N) is 5. The van der Waals surface area contributed by atoms with E-state index in [1.807, 2.05) is 72.4 Å². The minimum absolute atomic E-state index is 0.0297.